The summed E-state index contributed by atoms with van der Waals surface area (Å²) in [4.78, 5) is 0. The van der Waals surface area contributed by atoms with Crippen molar-refractivity contribution in [2.45, 2.75) is 58.0 Å². The summed E-state index contributed by atoms with van der Waals surface area (Å²) in [6.45, 7) is 4.92. The third-order valence-corrected chi connectivity index (χ3v) is 4.44. The van der Waals surface area contributed by atoms with Gasteiger partial charge in [0.05, 0.1) is 17.0 Å². The molecule has 0 aliphatic heterocycles. The average Bonchev–Trinajstić information content (AvgIpc) is 2.67. The highest BCUT2D eigenvalue weighted by molar-refractivity contribution is 5.65. The van der Waals surface area contributed by atoms with E-state index in [0.717, 1.165) is 61.6 Å². The van der Waals surface area contributed by atoms with Gasteiger partial charge in [-0.05, 0) is 38.0 Å². The van der Waals surface area contributed by atoms with E-state index in [9.17, 15) is 5.11 Å². The Kier molecular flexibility index (Phi) is 4.58. The predicted molar refractivity (Wildman–Crippen MR) is 82.7 cm³/mol. The lowest BCUT2D eigenvalue weighted by Gasteiger charge is -2.35. The molecule has 0 aromatic carbocycles. The molecule has 0 amide bonds. The van der Waals surface area contributed by atoms with Crippen molar-refractivity contribution in [2.75, 3.05) is 17.6 Å². The Balaban J connectivity index is 2.00. The topological polar surface area (TPSA) is 76.1 Å². The first-order valence-corrected chi connectivity index (χ1v) is 7.73. The van der Waals surface area contributed by atoms with Crippen LogP contribution >= 0.6 is 0 Å². The molecule has 1 aromatic heterocycles. The molecule has 2 rings (SSSR count). The van der Waals surface area contributed by atoms with Crippen LogP contribution in [0.25, 0.3) is 0 Å². The van der Waals surface area contributed by atoms with Crippen LogP contribution in [0.3, 0.4) is 0 Å². The number of aliphatic hydroxyl groups is 1. The summed E-state index contributed by atoms with van der Waals surface area (Å²) in [5.41, 5.74) is 7.21. The number of nitrogens with one attached hydrogen (secondary N) is 1. The van der Waals surface area contributed by atoms with Crippen LogP contribution in [0.1, 0.15) is 51.6 Å². The van der Waals surface area contributed by atoms with Gasteiger partial charge < -0.3 is 16.2 Å². The molecule has 5 nitrogen and oxygen atoms in total. The molecule has 0 unspecified atom stereocenters. The maximum Gasteiger partial charge on any atom is 0.147 e. The number of hydrogen-bond donors (Lipinski definition) is 3. The first-order chi connectivity index (χ1) is 9.45. The van der Waals surface area contributed by atoms with Crippen LogP contribution in [0.15, 0.2) is 0 Å². The molecule has 0 radical (unpaired) electrons. The molecule has 1 saturated carbocycles. The number of rotatable bonds is 5. The van der Waals surface area contributed by atoms with Gasteiger partial charge in [-0.2, -0.15) is 5.10 Å². The summed E-state index contributed by atoms with van der Waals surface area (Å²) < 4.78 is 1.79. The summed E-state index contributed by atoms with van der Waals surface area (Å²) in [6, 6.07) is 0. The van der Waals surface area contributed by atoms with E-state index >= 15 is 0 Å². The van der Waals surface area contributed by atoms with Crippen LogP contribution in [0.4, 0.5) is 11.5 Å². The molecule has 1 aliphatic rings. The maximum atomic E-state index is 10.6. The van der Waals surface area contributed by atoms with E-state index in [1.165, 1.54) is 0 Å². The molecular weight excluding hydrogens is 252 g/mol. The van der Waals surface area contributed by atoms with Gasteiger partial charge in [0, 0.05) is 13.6 Å². The highest BCUT2D eigenvalue weighted by atomic mass is 16.3. The summed E-state index contributed by atoms with van der Waals surface area (Å²) in [7, 11) is 1.89. The number of aryl methyl sites for hydroxylation is 2. The standard InChI is InChI=1S/C15H28N4O/c1-4-5-12-13(16)14(19(3)18-12)17-10-15(20)8-6-11(2)7-9-15/h11,17,20H,4-10,16H2,1-3H3. The smallest absolute Gasteiger partial charge is 0.147 e. The van der Waals surface area contributed by atoms with E-state index in [1.54, 1.807) is 4.68 Å². The minimum Gasteiger partial charge on any atom is -0.394 e. The van der Waals surface area contributed by atoms with Gasteiger partial charge in [-0.3, -0.25) is 4.68 Å². The van der Waals surface area contributed by atoms with E-state index in [2.05, 4.69) is 24.3 Å². The van der Waals surface area contributed by atoms with Gasteiger partial charge in [-0.15, -0.1) is 0 Å². The Morgan fingerprint density at radius 1 is 1.45 bits per heavy atom. The molecule has 1 aliphatic carbocycles. The number of nitrogens with two attached hydrogens (primary N) is 1. The number of nitrogen functional groups attached to an aromatic ring is 1. The molecule has 20 heavy (non-hydrogen) atoms. The number of hydrogen-bond acceptors (Lipinski definition) is 4. The first-order valence-electron chi connectivity index (χ1n) is 7.73. The summed E-state index contributed by atoms with van der Waals surface area (Å²) in [6.07, 6.45) is 5.84. The van der Waals surface area contributed by atoms with Crippen molar-refractivity contribution < 1.29 is 5.11 Å². The lowest BCUT2D eigenvalue weighted by atomic mass is 9.79. The lowest BCUT2D eigenvalue weighted by Crippen LogP contribution is -2.40. The van der Waals surface area contributed by atoms with Gasteiger partial charge in [0.2, 0.25) is 0 Å². The third kappa shape index (κ3) is 3.26. The summed E-state index contributed by atoms with van der Waals surface area (Å²) in [5, 5.41) is 18.4. The predicted octanol–water partition coefficient (Wildman–Crippen LogP) is 2.31. The average molecular weight is 280 g/mol. The zero-order valence-electron chi connectivity index (χ0n) is 12.9. The molecular formula is C15H28N4O. The van der Waals surface area contributed by atoms with Crippen LogP contribution in [0.2, 0.25) is 0 Å². The Morgan fingerprint density at radius 2 is 2.10 bits per heavy atom. The minimum absolute atomic E-state index is 0.551. The van der Waals surface area contributed by atoms with Gasteiger partial charge in [-0.1, -0.05) is 20.3 Å². The third-order valence-electron chi connectivity index (χ3n) is 4.44. The van der Waals surface area contributed by atoms with Crippen LogP contribution in [0, 0.1) is 5.92 Å². The maximum absolute atomic E-state index is 10.6. The zero-order valence-corrected chi connectivity index (χ0v) is 12.9. The molecule has 0 saturated heterocycles. The van der Waals surface area contributed by atoms with Crippen molar-refractivity contribution in [1.82, 2.24) is 9.78 Å². The largest absolute Gasteiger partial charge is 0.394 e. The normalized spacial score (nSPS) is 26.7. The molecule has 0 spiro atoms. The van der Waals surface area contributed by atoms with E-state index in [-0.39, 0.29) is 0 Å². The van der Waals surface area contributed by atoms with Crippen molar-refractivity contribution >= 4 is 11.5 Å². The Labute approximate surface area is 121 Å². The molecule has 4 N–H and O–H groups in total. The molecule has 1 heterocycles. The van der Waals surface area contributed by atoms with E-state index in [1.807, 2.05) is 7.05 Å². The number of anilines is 2. The second kappa shape index (κ2) is 6.04. The molecule has 5 heteroatoms. The second-order valence-electron chi connectivity index (χ2n) is 6.34. The Morgan fingerprint density at radius 3 is 2.70 bits per heavy atom. The van der Waals surface area contributed by atoms with Crippen molar-refractivity contribution in [3.8, 4) is 0 Å². The summed E-state index contributed by atoms with van der Waals surface area (Å²) >= 11 is 0. The molecule has 1 fully saturated rings. The van der Waals surface area contributed by atoms with E-state index in [4.69, 9.17) is 5.73 Å². The minimum atomic E-state index is -0.603. The highest BCUT2D eigenvalue weighted by Crippen LogP contribution is 2.32. The highest BCUT2D eigenvalue weighted by Gasteiger charge is 2.32. The number of aromatic nitrogens is 2. The van der Waals surface area contributed by atoms with Gasteiger partial charge >= 0.3 is 0 Å². The molecule has 0 bridgehead atoms. The van der Waals surface area contributed by atoms with Crippen LogP contribution in [-0.4, -0.2) is 27.0 Å². The molecule has 114 valence electrons. The van der Waals surface area contributed by atoms with Crippen LogP contribution < -0.4 is 11.1 Å². The van der Waals surface area contributed by atoms with E-state index in [0.29, 0.717) is 6.54 Å². The lowest BCUT2D eigenvalue weighted by molar-refractivity contribution is 0.00491. The Bertz CT molecular complexity index is 447. The molecule has 1 aromatic rings. The monoisotopic (exact) mass is 280 g/mol. The fourth-order valence-electron chi connectivity index (χ4n) is 2.95. The Hall–Kier alpha value is -1.23. The van der Waals surface area contributed by atoms with Gasteiger partial charge in [0.1, 0.15) is 5.82 Å². The number of nitrogens with zero attached hydrogens (tertiary/aromatic N) is 2. The van der Waals surface area contributed by atoms with Crippen molar-refractivity contribution in [2.24, 2.45) is 13.0 Å². The second-order valence-corrected chi connectivity index (χ2v) is 6.34. The van der Waals surface area contributed by atoms with Crippen molar-refractivity contribution in [1.29, 1.82) is 0 Å². The van der Waals surface area contributed by atoms with Crippen LogP contribution in [0.5, 0.6) is 0 Å². The first kappa shape index (κ1) is 15.2. The fourth-order valence-corrected chi connectivity index (χ4v) is 2.95. The van der Waals surface area contributed by atoms with Crippen molar-refractivity contribution in [3.05, 3.63) is 5.69 Å². The van der Waals surface area contributed by atoms with E-state index < -0.39 is 5.60 Å². The van der Waals surface area contributed by atoms with Gasteiger partial charge in [-0.25, -0.2) is 0 Å². The zero-order chi connectivity index (χ0) is 14.8. The summed E-state index contributed by atoms with van der Waals surface area (Å²) in [5.74, 6) is 1.56. The van der Waals surface area contributed by atoms with Gasteiger partial charge in [0.25, 0.3) is 0 Å². The van der Waals surface area contributed by atoms with Gasteiger partial charge in [0.15, 0.2) is 0 Å². The SMILES string of the molecule is CCCc1nn(C)c(NCC2(O)CCC(C)CC2)c1N. The fraction of sp³-hybridized carbons (Fsp3) is 0.800. The quantitative estimate of drug-likeness (QED) is 0.773. The molecule has 0 atom stereocenters. The van der Waals surface area contributed by atoms with Crippen LogP contribution in [-0.2, 0) is 13.5 Å². The van der Waals surface area contributed by atoms with Crippen molar-refractivity contribution in [3.63, 3.8) is 0 Å².